The van der Waals surface area contributed by atoms with Gasteiger partial charge in [0.05, 0.1) is 26.0 Å². The molecule has 0 aromatic carbocycles. The number of ether oxygens (including phenoxy) is 2. The third-order valence-electron chi connectivity index (χ3n) is 2.41. The van der Waals surface area contributed by atoms with E-state index in [9.17, 15) is 14.7 Å². The molecule has 0 aliphatic carbocycles. The molecule has 1 aromatic heterocycles. The van der Waals surface area contributed by atoms with Crippen molar-refractivity contribution in [3.05, 3.63) is 17.5 Å². The van der Waals surface area contributed by atoms with Gasteiger partial charge < -0.3 is 19.9 Å². The molecule has 0 saturated carbocycles. The summed E-state index contributed by atoms with van der Waals surface area (Å²) in [7, 11) is 1.25. The lowest BCUT2D eigenvalue weighted by molar-refractivity contribution is 0.0522. The quantitative estimate of drug-likeness (QED) is 0.775. The number of hydrogen-bond acceptors (Lipinski definition) is 6. The van der Waals surface area contributed by atoms with E-state index in [-0.39, 0.29) is 18.8 Å². The summed E-state index contributed by atoms with van der Waals surface area (Å²) in [5.74, 6) is -0.580. The average molecular weight is 299 g/mol. The number of amides is 1. The minimum Gasteiger partial charge on any atom is -0.464 e. The topological polar surface area (TPSA) is 103 Å². The van der Waals surface area contributed by atoms with Crippen LogP contribution in [-0.4, -0.2) is 46.2 Å². The Hall–Kier alpha value is -2.09. The Morgan fingerprint density at radius 1 is 1.43 bits per heavy atom. The average Bonchev–Trinajstić information content (AvgIpc) is 2.79. The van der Waals surface area contributed by atoms with Crippen LogP contribution >= 0.6 is 0 Å². The first-order valence-electron chi connectivity index (χ1n) is 6.49. The second-order valence-corrected chi connectivity index (χ2v) is 5.32. The van der Waals surface area contributed by atoms with Gasteiger partial charge in [0.15, 0.2) is 5.69 Å². The van der Waals surface area contributed by atoms with E-state index >= 15 is 0 Å². The summed E-state index contributed by atoms with van der Waals surface area (Å²) >= 11 is 0. The Morgan fingerprint density at radius 3 is 2.62 bits per heavy atom. The van der Waals surface area contributed by atoms with Gasteiger partial charge in [-0.1, -0.05) is 0 Å². The van der Waals surface area contributed by atoms with Crippen molar-refractivity contribution in [1.82, 2.24) is 15.1 Å². The number of esters is 1. The molecule has 0 aliphatic heterocycles. The van der Waals surface area contributed by atoms with Gasteiger partial charge in [0, 0.05) is 6.54 Å². The number of aliphatic hydroxyl groups is 1. The number of carbonyl (C=O) groups is 2. The number of aliphatic hydroxyl groups excluding tert-OH is 1. The van der Waals surface area contributed by atoms with Crippen LogP contribution in [0.4, 0.5) is 4.79 Å². The summed E-state index contributed by atoms with van der Waals surface area (Å²) in [5.41, 5.74) is 0.00425. The molecule has 0 aliphatic rings. The first-order valence-corrected chi connectivity index (χ1v) is 6.49. The van der Waals surface area contributed by atoms with E-state index in [0.29, 0.717) is 12.2 Å². The fourth-order valence-electron chi connectivity index (χ4n) is 1.56. The van der Waals surface area contributed by atoms with E-state index in [1.54, 1.807) is 20.8 Å². The van der Waals surface area contributed by atoms with Crippen LogP contribution in [0.15, 0.2) is 6.07 Å². The summed E-state index contributed by atoms with van der Waals surface area (Å²) in [6.07, 6.45) is -0.534. The van der Waals surface area contributed by atoms with Crippen LogP contribution in [0.3, 0.4) is 0 Å². The van der Waals surface area contributed by atoms with Gasteiger partial charge >= 0.3 is 12.1 Å². The maximum atomic E-state index is 11.5. The predicted molar refractivity (Wildman–Crippen MR) is 73.7 cm³/mol. The second kappa shape index (κ2) is 7.07. The van der Waals surface area contributed by atoms with Crippen molar-refractivity contribution < 1.29 is 24.2 Å². The Morgan fingerprint density at radius 2 is 2.10 bits per heavy atom. The van der Waals surface area contributed by atoms with Gasteiger partial charge in [-0.05, 0) is 26.8 Å². The van der Waals surface area contributed by atoms with E-state index in [1.807, 2.05) is 0 Å². The maximum absolute atomic E-state index is 11.5. The Labute approximate surface area is 123 Å². The molecular weight excluding hydrogens is 278 g/mol. The van der Waals surface area contributed by atoms with Crippen LogP contribution in [-0.2, 0) is 22.6 Å². The van der Waals surface area contributed by atoms with Crippen molar-refractivity contribution in [1.29, 1.82) is 0 Å². The zero-order valence-corrected chi connectivity index (χ0v) is 12.7. The van der Waals surface area contributed by atoms with Gasteiger partial charge in [-0.15, -0.1) is 0 Å². The lowest BCUT2D eigenvalue weighted by Crippen LogP contribution is -2.34. The molecule has 1 aromatic rings. The summed E-state index contributed by atoms with van der Waals surface area (Å²) in [5, 5.41) is 15.8. The summed E-state index contributed by atoms with van der Waals surface area (Å²) < 4.78 is 11.1. The Bertz CT molecular complexity index is 504. The van der Waals surface area contributed by atoms with Gasteiger partial charge in [-0.25, -0.2) is 9.59 Å². The Kier molecular flexibility index (Phi) is 5.71. The number of alkyl carbamates (subject to hydrolysis) is 1. The number of hydrogen-bond donors (Lipinski definition) is 2. The van der Waals surface area contributed by atoms with Gasteiger partial charge in [-0.2, -0.15) is 5.10 Å². The normalized spacial score (nSPS) is 11.1. The standard InChI is InChI=1S/C13H21N3O5/c1-13(2,3)21-12(19)14-5-6-16-9(8-17)7-10(15-16)11(18)20-4/h7,17H,5-6,8H2,1-4H3,(H,14,19). The highest BCUT2D eigenvalue weighted by Gasteiger charge is 2.17. The molecule has 0 spiro atoms. The molecule has 118 valence electrons. The molecule has 1 rings (SSSR count). The molecule has 8 heteroatoms. The minimum absolute atomic E-state index is 0.110. The number of rotatable bonds is 5. The van der Waals surface area contributed by atoms with Crippen LogP contribution in [0.25, 0.3) is 0 Å². The largest absolute Gasteiger partial charge is 0.464 e. The number of nitrogens with one attached hydrogen (secondary N) is 1. The summed E-state index contributed by atoms with van der Waals surface area (Å²) in [4.78, 5) is 22.8. The van der Waals surface area contributed by atoms with Crippen LogP contribution in [0.2, 0.25) is 0 Å². The van der Waals surface area contributed by atoms with Crippen molar-refractivity contribution in [2.24, 2.45) is 0 Å². The molecule has 21 heavy (non-hydrogen) atoms. The van der Waals surface area contributed by atoms with Crippen molar-refractivity contribution in [2.75, 3.05) is 13.7 Å². The molecule has 8 nitrogen and oxygen atoms in total. The highest BCUT2D eigenvalue weighted by Crippen LogP contribution is 2.07. The maximum Gasteiger partial charge on any atom is 0.407 e. The molecule has 0 atom stereocenters. The van der Waals surface area contributed by atoms with E-state index in [0.717, 1.165) is 0 Å². The first-order chi connectivity index (χ1) is 9.76. The third-order valence-corrected chi connectivity index (χ3v) is 2.41. The van der Waals surface area contributed by atoms with E-state index in [2.05, 4.69) is 15.2 Å². The molecule has 1 heterocycles. The van der Waals surface area contributed by atoms with Crippen LogP contribution < -0.4 is 5.32 Å². The van der Waals surface area contributed by atoms with Crippen molar-refractivity contribution in [3.8, 4) is 0 Å². The fourth-order valence-corrected chi connectivity index (χ4v) is 1.56. The second-order valence-electron chi connectivity index (χ2n) is 5.32. The van der Waals surface area contributed by atoms with Crippen LogP contribution in [0, 0.1) is 0 Å². The minimum atomic E-state index is -0.580. The van der Waals surface area contributed by atoms with Crippen molar-refractivity contribution in [3.63, 3.8) is 0 Å². The molecule has 2 N–H and O–H groups in total. The number of carbonyl (C=O) groups excluding carboxylic acids is 2. The molecule has 0 saturated heterocycles. The van der Waals surface area contributed by atoms with Gasteiger partial charge in [0.2, 0.25) is 0 Å². The number of aromatic nitrogens is 2. The van der Waals surface area contributed by atoms with E-state index in [4.69, 9.17) is 4.74 Å². The summed E-state index contributed by atoms with van der Waals surface area (Å²) in [6, 6.07) is 1.44. The van der Waals surface area contributed by atoms with E-state index in [1.165, 1.54) is 17.9 Å². The molecule has 0 fully saturated rings. The SMILES string of the molecule is COC(=O)c1cc(CO)n(CCNC(=O)OC(C)(C)C)n1. The third kappa shape index (κ3) is 5.42. The predicted octanol–water partition coefficient (Wildman–Crippen LogP) is 0.687. The monoisotopic (exact) mass is 299 g/mol. The number of nitrogens with zero attached hydrogens (tertiary/aromatic N) is 2. The van der Waals surface area contributed by atoms with Gasteiger partial charge in [0.25, 0.3) is 0 Å². The molecular formula is C13H21N3O5. The van der Waals surface area contributed by atoms with E-state index < -0.39 is 17.7 Å². The van der Waals surface area contributed by atoms with Gasteiger partial charge in [0.1, 0.15) is 5.60 Å². The summed E-state index contributed by atoms with van der Waals surface area (Å²) in [6.45, 7) is 5.60. The van der Waals surface area contributed by atoms with Crippen LogP contribution in [0.1, 0.15) is 37.0 Å². The first kappa shape index (κ1) is 17.0. The smallest absolute Gasteiger partial charge is 0.407 e. The van der Waals surface area contributed by atoms with Crippen molar-refractivity contribution >= 4 is 12.1 Å². The highest BCUT2D eigenvalue weighted by atomic mass is 16.6. The van der Waals surface area contributed by atoms with Crippen molar-refractivity contribution in [2.45, 2.75) is 39.5 Å². The lowest BCUT2D eigenvalue weighted by Gasteiger charge is -2.19. The Balaban J connectivity index is 2.57. The molecule has 0 unspecified atom stereocenters. The van der Waals surface area contributed by atoms with Crippen LogP contribution in [0.5, 0.6) is 0 Å². The molecule has 0 bridgehead atoms. The fraction of sp³-hybridized carbons (Fsp3) is 0.615. The molecule has 0 radical (unpaired) electrons. The molecule has 1 amide bonds. The zero-order chi connectivity index (χ0) is 16.0. The van der Waals surface area contributed by atoms with Gasteiger partial charge in [-0.3, -0.25) is 4.68 Å². The zero-order valence-electron chi connectivity index (χ0n) is 12.7. The number of methoxy groups -OCH3 is 1. The lowest BCUT2D eigenvalue weighted by atomic mass is 10.2. The highest BCUT2D eigenvalue weighted by molar-refractivity contribution is 5.87.